The predicted octanol–water partition coefficient (Wildman–Crippen LogP) is 2.15. The number of carbonyl (C=O) groups is 1. The van der Waals surface area contributed by atoms with Crippen molar-refractivity contribution in [1.29, 1.82) is 0 Å². The Bertz CT molecular complexity index is 1050. The summed E-state index contributed by atoms with van der Waals surface area (Å²) in [4.78, 5) is 20.8. The van der Waals surface area contributed by atoms with Crippen LogP contribution >= 0.6 is 0 Å². The molecule has 0 aliphatic heterocycles. The van der Waals surface area contributed by atoms with Crippen LogP contribution in [0.1, 0.15) is 24.1 Å². The number of hydrogen-bond acceptors (Lipinski definition) is 5. The number of aromatic nitrogens is 4. The quantitative estimate of drug-likeness (QED) is 0.710. The van der Waals surface area contributed by atoms with Crippen molar-refractivity contribution < 1.29 is 4.79 Å². The summed E-state index contributed by atoms with van der Waals surface area (Å²) < 4.78 is 1.72. The van der Waals surface area contributed by atoms with E-state index in [9.17, 15) is 4.79 Å². The van der Waals surface area contributed by atoms with Crippen LogP contribution in [0.5, 0.6) is 0 Å². The Labute approximate surface area is 150 Å². The number of anilines is 2. The zero-order valence-corrected chi connectivity index (χ0v) is 14.6. The molecule has 1 aliphatic carbocycles. The molecule has 1 fully saturated rings. The minimum atomic E-state index is 0.0299. The largest absolute Gasteiger partial charge is 0.373 e. The van der Waals surface area contributed by atoms with Crippen molar-refractivity contribution in [2.24, 2.45) is 13.0 Å². The van der Waals surface area contributed by atoms with Crippen LogP contribution in [0.4, 0.5) is 11.6 Å². The number of hydrogen-bond donors (Lipinski definition) is 2. The summed E-state index contributed by atoms with van der Waals surface area (Å²) in [5.74, 6) is 7.68. The van der Waals surface area contributed by atoms with Gasteiger partial charge in [-0.2, -0.15) is 5.10 Å². The average molecular weight is 346 g/mol. The standard InChI is InChI=1S/C19H18N6O/c1-20-18-16-11-21-17(24-19(26)12-3-4-12)9-15(16)13(10-22-18)5-6-14-7-8-23-25(14)2/h7-12H,3-4H2,1-2H3,(H,20,22)(H,21,24,26). The maximum Gasteiger partial charge on any atom is 0.228 e. The highest BCUT2D eigenvalue weighted by Crippen LogP contribution is 2.31. The number of aryl methyl sites for hydroxylation is 1. The fourth-order valence-electron chi connectivity index (χ4n) is 2.70. The molecule has 0 bridgehead atoms. The molecule has 0 radical (unpaired) electrons. The molecule has 1 aliphatic rings. The first-order valence-corrected chi connectivity index (χ1v) is 8.43. The molecule has 1 amide bonds. The number of amides is 1. The van der Waals surface area contributed by atoms with Crippen LogP contribution < -0.4 is 10.6 Å². The molecule has 0 aromatic carbocycles. The van der Waals surface area contributed by atoms with Gasteiger partial charge in [0.15, 0.2) is 0 Å². The van der Waals surface area contributed by atoms with E-state index in [2.05, 4.69) is 37.5 Å². The molecule has 2 N–H and O–H groups in total. The summed E-state index contributed by atoms with van der Waals surface area (Å²) in [7, 11) is 3.66. The molecule has 7 nitrogen and oxygen atoms in total. The molecule has 0 unspecified atom stereocenters. The van der Waals surface area contributed by atoms with E-state index in [1.807, 2.05) is 26.2 Å². The zero-order valence-electron chi connectivity index (χ0n) is 14.6. The minimum Gasteiger partial charge on any atom is -0.373 e. The first-order valence-electron chi connectivity index (χ1n) is 8.43. The highest BCUT2D eigenvalue weighted by atomic mass is 16.2. The van der Waals surface area contributed by atoms with Crippen LogP contribution in [0.2, 0.25) is 0 Å². The van der Waals surface area contributed by atoms with Gasteiger partial charge in [0.05, 0.1) is 11.8 Å². The van der Waals surface area contributed by atoms with Gasteiger partial charge in [0.2, 0.25) is 5.91 Å². The van der Waals surface area contributed by atoms with Crippen molar-refractivity contribution in [2.45, 2.75) is 12.8 Å². The number of carbonyl (C=O) groups excluding carboxylic acids is 1. The molecule has 3 aromatic rings. The number of nitrogens with zero attached hydrogens (tertiary/aromatic N) is 4. The van der Waals surface area contributed by atoms with E-state index < -0.39 is 0 Å². The van der Waals surface area contributed by atoms with Crippen molar-refractivity contribution in [3.05, 3.63) is 42.0 Å². The number of nitrogens with one attached hydrogen (secondary N) is 2. The van der Waals surface area contributed by atoms with Gasteiger partial charge in [-0.05, 0) is 30.9 Å². The molecule has 4 rings (SSSR count). The molecule has 0 spiro atoms. The van der Waals surface area contributed by atoms with E-state index in [1.54, 1.807) is 23.3 Å². The lowest BCUT2D eigenvalue weighted by atomic mass is 10.1. The number of fused-ring (bicyclic) bond motifs is 1. The predicted molar refractivity (Wildman–Crippen MR) is 99.6 cm³/mol. The third-order valence-electron chi connectivity index (χ3n) is 4.35. The molecule has 3 heterocycles. The topological polar surface area (TPSA) is 84.7 Å². The van der Waals surface area contributed by atoms with Gasteiger partial charge in [-0.1, -0.05) is 5.92 Å². The summed E-state index contributed by atoms with van der Waals surface area (Å²) in [6.45, 7) is 0. The van der Waals surface area contributed by atoms with Crippen LogP contribution in [0.15, 0.2) is 30.7 Å². The van der Waals surface area contributed by atoms with Crippen molar-refractivity contribution in [3.8, 4) is 11.8 Å². The molecule has 7 heteroatoms. The average Bonchev–Trinajstić information content (AvgIpc) is 3.42. The van der Waals surface area contributed by atoms with Gasteiger partial charge in [0, 0.05) is 43.2 Å². The third kappa shape index (κ3) is 3.09. The summed E-state index contributed by atoms with van der Waals surface area (Å²) in [5, 5.41) is 11.8. The van der Waals surface area contributed by atoms with Gasteiger partial charge < -0.3 is 10.6 Å². The molecule has 0 atom stereocenters. The van der Waals surface area contributed by atoms with Gasteiger partial charge in [0.1, 0.15) is 17.3 Å². The van der Waals surface area contributed by atoms with Crippen LogP contribution in [-0.2, 0) is 11.8 Å². The summed E-state index contributed by atoms with van der Waals surface area (Å²) in [6, 6.07) is 3.71. The molecular weight excluding hydrogens is 328 g/mol. The van der Waals surface area contributed by atoms with Gasteiger partial charge in [-0.25, -0.2) is 9.97 Å². The van der Waals surface area contributed by atoms with Crippen LogP contribution in [0.3, 0.4) is 0 Å². The Morgan fingerprint density at radius 1 is 1.23 bits per heavy atom. The fourth-order valence-corrected chi connectivity index (χ4v) is 2.70. The number of pyridine rings is 2. The van der Waals surface area contributed by atoms with E-state index in [-0.39, 0.29) is 11.8 Å². The van der Waals surface area contributed by atoms with Gasteiger partial charge in [0.25, 0.3) is 0 Å². The highest BCUT2D eigenvalue weighted by molar-refractivity contribution is 5.99. The Morgan fingerprint density at radius 2 is 2.08 bits per heavy atom. The summed E-state index contributed by atoms with van der Waals surface area (Å²) in [5.41, 5.74) is 1.58. The third-order valence-corrected chi connectivity index (χ3v) is 4.35. The minimum absolute atomic E-state index is 0.0299. The van der Waals surface area contributed by atoms with E-state index >= 15 is 0 Å². The van der Waals surface area contributed by atoms with Crippen LogP contribution in [0.25, 0.3) is 10.8 Å². The second-order valence-electron chi connectivity index (χ2n) is 6.24. The van der Waals surface area contributed by atoms with Crippen molar-refractivity contribution in [1.82, 2.24) is 19.7 Å². The van der Waals surface area contributed by atoms with E-state index in [0.717, 1.165) is 40.7 Å². The maximum absolute atomic E-state index is 12.0. The Balaban J connectivity index is 1.77. The molecule has 26 heavy (non-hydrogen) atoms. The van der Waals surface area contributed by atoms with E-state index in [1.165, 1.54) is 0 Å². The Hall–Kier alpha value is -3.40. The summed E-state index contributed by atoms with van der Waals surface area (Å²) >= 11 is 0. The molecular formula is C19H18N6O. The molecule has 0 saturated heterocycles. The van der Waals surface area contributed by atoms with Crippen LogP contribution in [0, 0.1) is 17.8 Å². The molecule has 3 aromatic heterocycles. The smallest absolute Gasteiger partial charge is 0.228 e. The van der Waals surface area contributed by atoms with Gasteiger partial charge in [-0.15, -0.1) is 0 Å². The summed E-state index contributed by atoms with van der Waals surface area (Å²) in [6.07, 6.45) is 7.05. The normalized spacial score (nSPS) is 13.2. The second kappa shape index (κ2) is 6.48. The van der Waals surface area contributed by atoms with Crippen molar-refractivity contribution >= 4 is 28.3 Å². The molecule has 130 valence electrons. The van der Waals surface area contributed by atoms with Gasteiger partial charge >= 0.3 is 0 Å². The van der Waals surface area contributed by atoms with Crippen molar-refractivity contribution in [2.75, 3.05) is 17.7 Å². The highest BCUT2D eigenvalue weighted by Gasteiger charge is 2.29. The van der Waals surface area contributed by atoms with Crippen LogP contribution in [-0.4, -0.2) is 32.7 Å². The Morgan fingerprint density at radius 3 is 2.77 bits per heavy atom. The zero-order chi connectivity index (χ0) is 18.1. The lowest BCUT2D eigenvalue weighted by Crippen LogP contribution is -2.14. The van der Waals surface area contributed by atoms with Gasteiger partial charge in [-0.3, -0.25) is 9.48 Å². The lowest BCUT2D eigenvalue weighted by Gasteiger charge is -2.09. The lowest BCUT2D eigenvalue weighted by molar-refractivity contribution is -0.117. The van der Waals surface area contributed by atoms with E-state index in [4.69, 9.17) is 0 Å². The first-order chi connectivity index (χ1) is 12.7. The fraction of sp³-hybridized carbons (Fsp3) is 0.263. The molecule has 1 saturated carbocycles. The SMILES string of the molecule is CNc1ncc(C#Cc2ccnn2C)c2cc(NC(=O)C3CC3)ncc12. The number of rotatable bonds is 3. The van der Waals surface area contributed by atoms with Crippen molar-refractivity contribution in [3.63, 3.8) is 0 Å². The monoisotopic (exact) mass is 346 g/mol. The maximum atomic E-state index is 12.0. The second-order valence-corrected chi connectivity index (χ2v) is 6.24. The van der Waals surface area contributed by atoms with E-state index in [0.29, 0.717) is 5.82 Å². The Kier molecular flexibility index (Phi) is 4.01. The first kappa shape index (κ1) is 16.1.